The Morgan fingerprint density at radius 1 is 1.33 bits per heavy atom. The van der Waals surface area contributed by atoms with E-state index in [-0.39, 0.29) is 0 Å². The zero-order chi connectivity index (χ0) is 6.43. The molecular formula is C7H14N2. The molecule has 2 bridgehead atoms. The zero-order valence-corrected chi connectivity index (χ0v) is 5.80. The molecule has 0 aromatic rings. The maximum absolute atomic E-state index is 5.88. The van der Waals surface area contributed by atoms with Gasteiger partial charge in [-0.05, 0) is 30.8 Å². The van der Waals surface area contributed by atoms with Gasteiger partial charge in [-0.15, -0.1) is 0 Å². The first-order valence-electron chi connectivity index (χ1n) is 3.77. The van der Waals surface area contributed by atoms with Crippen molar-refractivity contribution < 1.29 is 0 Å². The Bertz CT molecular complexity index is 102. The third kappa shape index (κ3) is 0.578. The van der Waals surface area contributed by atoms with Crippen molar-refractivity contribution in [1.82, 2.24) is 5.32 Å². The lowest BCUT2D eigenvalue weighted by molar-refractivity contribution is 0.0137. The summed E-state index contributed by atoms with van der Waals surface area (Å²) in [5, 5.41) is 3.37. The van der Waals surface area contributed by atoms with E-state index >= 15 is 0 Å². The average molecular weight is 126 g/mol. The van der Waals surface area contributed by atoms with Crippen LogP contribution in [0.3, 0.4) is 0 Å². The zero-order valence-electron chi connectivity index (χ0n) is 5.80. The number of nitrogens with one attached hydrogen (secondary N) is 1. The minimum Gasteiger partial charge on any atom is -0.327 e. The van der Waals surface area contributed by atoms with Gasteiger partial charge >= 0.3 is 0 Å². The van der Waals surface area contributed by atoms with E-state index in [1.54, 1.807) is 0 Å². The third-order valence-electron chi connectivity index (χ3n) is 3.10. The van der Waals surface area contributed by atoms with Crippen LogP contribution < -0.4 is 11.1 Å². The van der Waals surface area contributed by atoms with E-state index in [2.05, 4.69) is 12.2 Å². The van der Waals surface area contributed by atoms with Crippen molar-refractivity contribution in [2.45, 2.75) is 13.0 Å². The van der Waals surface area contributed by atoms with E-state index in [0.717, 1.165) is 30.8 Å². The van der Waals surface area contributed by atoms with Gasteiger partial charge in [-0.3, -0.25) is 0 Å². The highest BCUT2D eigenvalue weighted by Gasteiger charge is 2.47. The van der Waals surface area contributed by atoms with Gasteiger partial charge in [-0.25, -0.2) is 0 Å². The van der Waals surface area contributed by atoms with Crippen molar-refractivity contribution in [3.63, 3.8) is 0 Å². The first kappa shape index (κ1) is 5.69. The van der Waals surface area contributed by atoms with Crippen molar-refractivity contribution in [2.75, 3.05) is 13.1 Å². The molecule has 0 aromatic carbocycles. The number of fused-ring (bicyclic) bond motifs is 2. The molecule has 2 heterocycles. The predicted molar refractivity (Wildman–Crippen MR) is 37.0 cm³/mol. The van der Waals surface area contributed by atoms with Gasteiger partial charge in [0.05, 0.1) is 0 Å². The molecule has 2 unspecified atom stereocenters. The fraction of sp³-hybridized carbons (Fsp3) is 1.00. The Morgan fingerprint density at radius 3 is 2.11 bits per heavy atom. The normalized spacial score (nSPS) is 56.7. The highest BCUT2D eigenvalue weighted by atomic mass is 15.0. The highest BCUT2D eigenvalue weighted by Crippen LogP contribution is 2.40. The number of hydrogen-bond acceptors (Lipinski definition) is 2. The predicted octanol–water partition coefficient (Wildman–Crippen LogP) is -0.201. The van der Waals surface area contributed by atoms with E-state index in [1.807, 2.05) is 0 Å². The molecule has 2 aliphatic heterocycles. The maximum atomic E-state index is 5.88. The van der Waals surface area contributed by atoms with Crippen molar-refractivity contribution >= 4 is 0 Å². The van der Waals surface area contributed by atoms with Gasteiger partial charge < -0.3 is 11.1 Å². The Labute approximate surface area is 55.8 Å². The van der Waals surface area contributed by atoms with E-state index < -0.39 is 0 Å². The fourth-order valence-corrected chi connectivity index (χ4v) is 2.25. The van der Waals surface area contributed by atoms with E-state index in [0.29, 0.717) is 6.04 Å². The second-order valence-electron chi connectivity index (χ2n) is 3.42. The largest absolute Gasteiger partial charge is 0.327 e. The van der Waals surface area contributed by atoms with Crippen LogP contribution in [0.1, 0.15) is 6.92 Å². The molecule has 0 amide bonds. The van der Waals surface area contributed by atoms with E-state index in [4.69, 9.17) is 5.73 Å². The minimum absolute atomic E-state index is 0.515. The van der Waals surface area contributed by atoms with Crippen LogP contribution >= 0.6 is 0 Å². The van der Waals surface area contributed by atoms with Crippen LogP contribution in [0.25, 0.3) is 0 Å². The molecule has 2 saturated heterocycles. The smallest absolute Gasteiger partial charge is 0.0125 e. The van der Waals surface area contributed by atoms with Crippen LogP contribution in [0.5, 0.6) is 0 Å². The first-order chi connectivity index (χ1) is 4.30. The summed E-state index contributed by atoms with van der Waals surface area (Å²) in [4.78, 5) is 0. The molecule has 52 valence electrons. The third-order valence-corrected chi connectivity index (χ3v) is 3.10. The number of nitrogens with two attached hydrogens (primary N) is 1. The van der Waals surface area contributed by atoms with Crippen LogP contribution in [-0.4, -0.2) is 19.1 Å². The van der Waals surface area contributed by atoms with E-state index in [1.165, 1.54) is 0 Å². The quantitative estimate of drug-likeness (QED) is 0.471. The fourth-order valence-electron chi connectivity index (χ4n) is 2.25. The van der Waals surface area contributed by atoms with Crippen LogP contribution in [0, 0.1) is 17.8 Å². The minimum atomic E-state index is 0.515. The van der Waals surface area contributed by atoms with Gasteiger partial charge in [0.25, 0.3) is 0 Å². The summed E-state index contributed by atoms with van der Waals surface area (Å²) in [6.45, 7) is 4.62. The van der Waals surface area contributed by atoms with Gasteiger partial charge in [-0.1, -0.05) is 6.92 Å². The topological polar surface area (TPSA) is 38.0 Å². The summed E-state index contributed by atoms with van der Waals surface area (Å²) in [7, 11) is 0. The molecule has 0 aromatic heterocycles. The summed E-state index contributed by atoms with van der Waals surface area (Å²) in [5.74, 6) is 2.45. The molecule has 0 spiro atoms. The molecule has 3 aliphatic rings. The molecule has 3 N–H and O–H groups in total. The summed E-state index contributed by atoms with van der Waals surface area (Å²) >= 11 is 0. The summed E-state index contributed by atoms with van der Waals surface area (Å²) < 4.78 is 0. The Hall–Kier alpha value is -0.0800. The van der Waals surface area contributed by atoms with Crippen molar-refractivity contribution in [3.05, 3.63) is 0 Å². The molecule has 2 heteroatoms. The number of hydrogen-bond donors (Lipinski definition) is 2. The molecule has 9 heavy (non-hydrogen) atoms. The highest BCUT2D eigenvalue weighted by molar-refractivity contribution is 5.03. The number of piperidine rings is 2. The summed E-state index contributed by atoms with van der Waals surface area (Å²) in [5.41, 5.74) is 5.88. The SMILES string of the molecule is CC1C2CNCC1C2N. The average Bonchev–Trinajstić information content (AvgIpc) is 1.91. The van der Waals surface area contributed by atoms with Crippen LogP contribution in [0.2, 0.25) is 0 Å². The monoisotopic (exact) mass is 126 g/mol. The van der Waals surface area contributed by atoms with Crippen LogP contribution in [0.15, 0.2) is 0 Å². The lowest BCUT2D eigenvalue weighted by atomic mass is 9.59. The molecule has 2 nitrogen and oxygen atoms in total. The Kier molecular flexibility index (Phi) is 1.08. The second kappa shape index (κ2) is 1.70. The molecular weight excluding hydrogens is 112 g/mol. The molecule has 3 fully saturated rings. The van der Waals surface area contributed by atoms with Gasteiger partial charge in [0.15, 0.2) is 0 Å². The van der Waals surface area contributed by atoms with Crippen molar-refractivity contribution in [2.24, 2.45) is 23.5 Å². The number of rotatable bonds is 0. The van der Waals surface area contributed by atoms with E-state index in [9.17, 15) is 0 Å². The van der Waals surface area contributed by atoms with Crippen molar-refractivity contribution in [3.8, 4) is 0 Å². The van der Waals surface area contributed by atoms with Gasteiger partial charge in [-0.2, -0.15) is 0 Å². The van der Waals surface area contributed by atoms with Gasteiger partial charge in [0, 0.05) is 6.04 Å². The second-order valence-corrected chi connectivity index (χ2v) is 3.42. The molecule has 1 saturated carbocycles. The van der Waals surface area contributed by atoms with Gasteiger partial charge in [0.2, 0.25) is 0 Å². The first-order valence-corrected chi connectivity index (χ1v) is 3.77. The van der Waals surface area contributed by atoms with Gasteiger partial charge in [0.1, 0.15) is 0 Å². The van der Waals surface area contributed by atoms with Crippen molar-refractivity contribution in [1.29, 1.82) is 0 Å². The summed E-state index contributed by atoms with van der Waals surface area (Å²) in [6, 6.07) is 0.515. The lowest BCUT2D eigenvalue weighted by Gasteiger charge is -2.53. The molecule has 2 atom stereocenters. The molecule has 1 aliphatic carbocycles. The maximum Gasteiger partial charge on any atom is 0.0125 e. The Morgan fingerprint density at radius 2 is 1.89 bits per heavy atom. The Balaban J connectivity index is 2.08. The summed E-state index contributed by atoms with van der Waals surface area (Å²) in [6.07, 6.45) is 0. The van der Waals surface area contributed by atoms with Crippen LogP contribution in [0.4, 0.5) is 0 Å². The standard InChI is InChI=1S/C7H14N2/c1-4-5-2-9-3-6(4)7(5)8/h4-7,9H,2-3,8H2,1H3. The van der Waals surface area contributed by atoms with Crippen LogP contribution in [-0.2, 0) is 0 Å². The lowest BCUT2D eigenvalue weighted by Crippen LogP contribution is -2.66. The molecule has 3 rings (SSSR count). The molecule has 0 radical (unpaired) electrons.